The number of nitro benzene ring substituents is 1. The Morgan fingerprint density at radius 2 is 1.87 bits per heavy atom. The normalized spacial score (nSPS) is 14.2. The van der Waals surface area contributed by atoms with Crippen LogP contribution >= 0.6 is 22.9 Å². The molecule has 31 heavy (non-hydrogen) atoms. The van der Waals surface area contributed by atoms with Gasteiger partial charge in [0.2, 0.25) is 0 Å². The third kappa shape index (κ3) is 3.91. The quantitative estimate of drug-likeness (QED) is 0.257. The number of hydrogen-bond acceptors (Lipinski definition) is 6. The van der Waals surface area contributed by atoms with Crippen molar-refractivity contribution in [3.05, 3.63) is 68.5 Å². The highest BCUT2D eigenvalue weighted by atomic mass is 35.5. The fourth-order valence-corrected chi connectivity index (χ4v) is 5.03. The molecule has 0 atom stereocenters. The van der Waals surface area contributed by atoms with E-state index in [1.165, 1.54) is 11.3 Å². The van der Waals surface area contributed by atoms with Crippen molar-refractivity contribution in [1.82, 2.24) is 0 Å². The Hall–Kier alpha value is -2.90. The molecule has 2 aromatic carbocycles. The van der Waals surface area contributed by atoms with Gasteiger partial charge >= 0.3 is 5.97 Å². The molecule has 0 spiro atoms. The SMILES string of the molecule is CCOC(=O)C1(c2ccc(-c3ccc(-c4sc(Cl)cc4NC)cc3[N+](=O)[O-])cc2)CC1. The van der Waals surface area contributed by atoms with E-state index in [9.17, 15) is 14.9 Å². The average Bonchev–Trinajstić information content (AvgIpc) is 3.50. The van der Waals surface area contributed by atoms with E-state index in [1.807, 2.05) is 30.3 Å². The molecule has 1 fully saturated rings. The van der Waals surface area contributed by atoms with E-state index in [2.05, 4.69) is 5.32 Å². The number of nitrogens with one attached hydrogen (secondary N) is 1. The molecule has 1 saturated carbocycles. The number of halogens is 1. The zero-order chi connectivity index (χ0) is 22.2. The molecular weight excluding hydrogens is 436 g/mol. The molecule has 1 N–H and O–H groups in total. The van der Waals surface area contributed by atoms with Gasteiger partial charge in [-0.25, -0.2) is 0 Å². The third-order valence-electron chi connectivity index (χ3n) is 5.59. The zero-order valence-corrected chi connectivity index (χ0v) is 18.7. The summed E-state index contributed by atoms with van der Waals surface area (Å²) < 4.78 is 5.83. The molecule has 1 heterocycles. The number of ether oxygens (including phenoxy) is 1. The van der Waals surface area contributed by atoms with Crippen molar-refractivity contribution in [2.24, 2.45) is 0 Å². The molecule has 1 aliphatic carbocycles. The number of hydrogen-bond donors (Lipinski definition) is 1. The Kier molecular flexibility index (Phi) is 5.73. The lowest BCUT2D eigenvalue weighted by molar-refractivity contribution is -0.384. The summed E-state index contributed by atoms with van der Waals surface area (Å²) in [6.07, 6.45) is 1.52. The van der Waals surface area contributed by atoms with Crippen molar-refractivity contribution in [3.63, 3.8) is 0 Å². The van der Waals surface area contributed by atoms with Crippen molar-refractivity contribution in [1.29, 1.82) is 0 Å². The number of anilines is 1. The van der Waals surface area contributed by atoms with Gasteiger partial charge in [0, 0.05) is 18.7 Å². The molecule has 0 unspecified atom stereocenters. The molecule has 160 valence electrons. The van der Waals surface area contributed by atoms with E-state index in [4.69, 9.17) is 16.3 Å². The summed E-state index contributed by atoms with van der Waals surface area (Å²) in [5.74, 6) is -0.201. The van der Waals surface area contributed by atoms with Crippen molar-refractivity contribution >= 4 is 40.3 Å². The number of esters is 1. The van der Waals surface area contributed by atoms with Gasteiger partial charge in [0.05, 0.1) is 37.4 Å². The van der Waals surface area contributed by atoms with Crippen LogP contribution in [0, 0.1) is 10.1 Å². The minimum atomic E-state index is -0.563. The lowest BCUT2D eigenvalue weighted by atomic mass is 9.93. The molecule has 1 aliphatic rings. The van der Waals surface area contributed by atoms with Crippen molar-refractivity contribution in [2.75, 3.05) is 19.0 Å². The monoisotopic (exact) mass is 456 g/mol. The predicted molar refractivity (Wildman–Crippen MR) is 124 cm³/mol. The minimum absolute atomic E-state index is 0.0170. The molecule has 0 aliphatic heterocycles. The largest absolute Gasteiger partial charge is 0.465 e. The smallest absolute Gasteiger partial charge is 0.316 e. The van der Waals surface area contributed by atoms with Gasteiger partial charge in [-0.2, -0.15) is 0 Å². The van der Waals surface area contributed by atoms with Gasteiger partial charge in [0.1, 0.15) is 0 Å². The molecule has 1 aromatic heterocycles. The van der Waals surface area contributed by atoms with E-state index in [-0.39, 0.29) is 16.6 Å². The summed E-state index contributed by atoms with van der Waals surface area (Å²) in [5, 5.41) is 14.9. The second-order valence-electron chi connectivity index (χ2n) is 7.41. The van der Waals surface area contributed by atoms with Crippen LogP contribution in [0.5, 0.6) is 0 Å². The van der Waals surface area contributed by atoms with Crippen molar-refractivity contribution in [3.8, 4) is 21.6 Å². The van der Waals surface area contributed by atoms with Crippen molar-refractivity contribution < 1.29 is 14.5 Å². The first-order chi connectivity index (χ1) is 14.9. The Bertz CT molecular complexity index is 1150. The third-order valence-corrected chi connectivity index (χ3v) is 6.91. The Labute approximate surface area is 189 Å². The Morgan fingerprint density at radius 1 is 1.19 bits per heavy atom. The number of nitrogens with zero attached hydrogens (tertiary/aromatic N) is 1. The zero-order valence-electron chi connectivity index (χ0n) is 17.1. The second kappa shape index (κ2) is 8.32. The van der Waals surface area contributed by atoms with Crippen LogP contribution in [-0.2, 0) is 14.9 Å². The van der Waals surface area contributed by atoms with Gasteiger partial charge in [-0.05, 0) is 43.0 Å². The maximum atomic E-state index is 12.3. The van der Waals surface area contributed by atoms with E-state index in [0.717, 1.165) is 40.1 Å². The van der Waals surface area contributed by atoms with Crippen molar-refractivity contribution in [2.45, 2.75) is 25.2 Å². The summed E-state index contributed by atoms with van der Waals surface area (Å²) in [5.41, 5.74) is 3.15. The highest BCUT2D eigenvalue weighted by Crippen LogP contribution is 2.50. The first-order valence-corrected chi connectivity index (χ1v) is 11.1. The first-order valence-electron chi connectivity index (χ1n) is 9.93. The molecule has 4 rings (SSSR count). The molecule has 0 radical (unpaired) electrons. The Balaban J connectivity index is 1.70. The topological polar surface area (TPSA) is 81.5 Å². The maximum absolute atomic E-state index is 12.3. The number of nitro groups is 1. The summed E-state index contributed by atoms with van der Waals surface area (Å²) in [7, 11) is 1.79. The van der Waals surface area contributed by atoms with Crippen LogP contribution in [-0.4, -0.2) is 24.5 Å². The van der Waals surface area contributed by atoms with Crippen LogP contribution in [0.2, 0.25) is 4.34 Å². The van der Waals surface area contributed by atoms with Crippen LogP contribution < -0.4 is 5.32 Å². The van der Waals surface area contributed by atoms with E-state index >= 15 is 0 Å². The summed E-state index contributed by atoms with van der Waals surface area (Å²) >= 11 is 7.50. The lowest BCUT2D eigenvalue weighted by Gasteiger charge is -2.15. The molecule has 6 nitrogen and oxygen atoms in total. The van der Waals surface area contributed by atoms with Gasteiger partial charge in [-0.15, -0.1) is 11.3 Å². The number of benzene rings is 2. The first kappa shape index (κ1) is 21.3. The van der Waals surface area contributed by atoms with Crippen LogP contribution in [0.3, 0.4) is 0 Å². The minimum Gasteiger partial charge on any atom is -0.465 e. The second-order valence-corrected chi connectivity index (χ2v) is 9.10. The van der Waals surface area contributed by atoms with E-state index in [1.54, 1.807) is 32.2 Å². The highest BCUT2D eigenvalue weighted by Gasteiger charge is 2.52. The van der Waals surface area contributed by atoms with Gasteiger partial charge in [-0.3, -0.25) is 14.9 Å². The molecule has 8 heteroatoms. The summed E-state index contributed by atoms with van der Waals surface area (Å²) in [4.78, 5) is 24.6. The predicted octanol–water partition coefficient (Wildman–Crippen LogP) is 6.28. The Morgan fingerprint density at radius 3 is 2.45 bits per heavy atom. The van der Waals surface area contributed by atoms with Gasteiger partial charge in [0.25, 0.3) is 5.69 Å². The molecule has 0 bridgehead atoms. The van der Waals surface area contributed by atoms with Gasteiger partial charge < -0.3 is 10.1 Å². The standard InChI is InChI=1S/C23H21ClN2O4S/c1-3-30-22(27)23(10-11-23)16-7-4-14(5-8-16)17-9-6-15(12-19(17)26(28)29)21-18(25-2)13-20(24)31-21/h4-9,12-13,25H,3,10-11H2,1-2H3. The van der Waals surface area contributed by atoms with Crippen LogP contribution in [0.25, 0.3) is 21.6 Å². The van der Waals surface area contributed by atoms with E-state index < -0.39 is 5.41 Å². The number of carbonyl (C=O) groups excluding carboxylic acids is 1. The molecule has 0 saturated heterocycles. The molecular formula is C23H21ClN2O4S. The van der Waals surface area contributed by atoms with E-state index in [0.29, 0.717) is 16.5 Å². The fourth-order valence-electron chi connectivity index (χ4n) is 3.80. The maximum Gasteiger partial charge on any atom is 0.316 e. The number of rotatable bonds is 7. The summed E-state index contributed by atoms with van der Waals surface area (Å²) in [6, 6.07) is 14.4. The lowest BCUT2D eigenvalue weighted by Crippen LogP contribution is -2.23. The summed E-state index contributed by atoms with van der Waals surface area (Å²) in [6.45, 7) is 2.14. The fraction of sp³-hybridized carbons (Fsp3) is 0.261. The van der Waals surface area contributed by atoms with Gasteiger partial charge in [-0.1, -0.05) is 41.9 Å². The van der Waals surface area contributed by atoms with Crippen LogP contribution in [0.15, 0.2) is 48.5 Å². The molecule has 3 aromatic rings. The average molecular weight is 457 g/mol. The molecule has 0 amide bonds. The van der Waals surface area contributed by atoms with Crippen LogP contribution in [0.4, 0.5) is 11.4 Å². The highest BCUT2D eigenvalue weighted by molar-refractivity contribution is 7.20. The number of carbonyl (C=O) groups is 1. The number of thiophene rings is 1. The van der Waals surface area contributed by atoms with Gasteiger partial charge in [0.15, 0.2) is 0 Å². The van der Waals surface area contributed by atoms with Crippen LogP contribution in [0.1, 0.15) is 25.3 Å².